The summed E-state index contributed by atoms with van der Waals surface area (Å²) >= 11 is 0. The average Bonchev–Trinajstić information content (AvgIpc) is 2.32. The first-order chi connectivity index (χ1) is 8.15. The summed E-state index contributed by atoms with van der Waals surface area (Å²) in [6.07, 6.45) is 6.64. The van der Waals surface area contributed by atoms with Crippen molar-refractivity contribution in [1.29, 1.82) is 0 Å². The molecule has 0 aromatic heterocycles. The molecule has 0 atom stereocenters. The minimum absolute atomic E-state index is 0.216. The summed E-state index contributed by atoms with van der Waals surface area (Å²) < 4.78 is 13.9. The Hall–Kier alpha value is -2.28. The van der Waals surface area contributed by atoms with Crippen LogP contribution in [0, 0.1) is 23.1 Å². The maximum atomic E-state index is 13.9. The highest BCUT2D eigenvalue weighted by Gasteiger charge is 2.14. The molecule has 0 aliphatic carbocycles. The summed E-state index contributed by atoms with van der Waals surface area (Å²) in [4.78, 5) is 14.4. The van der Waals surface area contributed by atoms with Crippen LogP contribution in [0.5, 0.6) is 0 Å². The highest BCUT2D eigenvalue weighted by atomic mass is 19.1. The van der Waals surface area contributed by atoms with Crippen LogP contribution in [-0.4, -0.2) is 12.8 Å². The number of nitrogens with zero attached hydrogens (tertiary/aromatic N) is 2. The predicted molar refractivity (Wildman–Crippen MR) is 66.9 cm³/mol. The van der Waals surface area contributed by atoms with Gasteiger partial charge in [0, 0.05) is 12.6 Å². The molecule has 4 heteroatoms. The third-order valence-electron chi connectivity index (χ3n) is 2.23. The Kier molecular flexibility index (Phi) is 4.29. The van der Waals surface area contributed by atoms with E-state index in [1.54, 1.807) is 13.0 Å². The van der Waals surface area contributed by atoms with Crippen LogP contribution < -0.4 is 0 Å². The summed E-state index contributed by atoms with van der Waals surface area (Å²) in [5.41, 5.74) is 1.04. The quantitative estimate of drug-likeness (QED) is 0.446. The normalized spacial score (nSPS) is 12.1. The number of hydrogen-bond acceptors (Lipinski definition) is 3. The van der Waals surface area contributed by atoms with Gasteiger partial charge >= 0.3 is 0 Å². The molecular weight excluding hydrogens is 219 g/mol. The Morgan fingerprint density at radius 3 is 2.76 bits per heavy atom. The van der Waals surface area contributed by atoms with Gasteiger partial charge in [0.1, 0.15) is 5.69 Å². The molecule has 0 aliphatic heterocycles. The van der Waals surface area contributed by atoms with Gasteiger partial charge in [-0.2, -0.15) is 0 Å². The second-order valence-corrected chi connectivity index (χ2v) is 3.30. The number of terminal acetylenes is 1. The van der Waals surface area contributed by atoms with Gasteiger partial charge in [-0.05, 0) is 35.9 Å². The molecule has 0 N–H and O–H groups in total. The first-order valence-electron chi connectivity index (χ1n) is 4.88. The molecule has 86 valence electrons. The van der Waals surface area contributed by atoms with Crippen molar-refractivity contribution in [3.05, 3.63) is 46.1 Å². The van der Waals surface area contributed by atoms with E-state index in [4.69, 9.17) is 6.42 Å². The summed E-state index contributed by atoms with van der Waals surface area (Å²) in [5.74, 6) is 1.66. The molecule has 0 saturated carbocycles. The van der Waals surface area contributed by atoms with Gasteiger partial charge in [-0.15, -0.1) is 11.3 Å². The van der Waals surface area contributed by atoms with Crippen LogP contribution in [0.15, 0.2) is 40.0 Å². The van der Waals surface area contributed by atoms with E-state index in [0.29, 0.717) is 11.3 Å². The lowest BCUT2D eigenvalue weighted by Crippen LogP contribution is -2.05. The van der Waals surface area contributed by atoms with E-state index in [0.717, 1.165) is 0 Å². The number of halogens is 1. The molecule has 1 rings (SSSR count). The highest BCUT2D eigenvalue weighted by molar-refractivity contribution is 6.13. The first kappa shape index (κ1) is 12.8. The lowest BCUT2D eigenvalue weighted by molar-refractivity contribution is 0.627. The van der Waals surface area contributed by atoms with Gasteiger partial charge in [0.25, 0.3) is 0 Å². The molecule has 0 unspecified atom stereocenters. The van der Waals surface area contributed by atoms with E-state index in [-0.39, 0.29) is 11.3 Å². The van der Waals surface area contributed by atoms with Crippen molar-refractivity contribution < 1.29 is 4.39 Å². The molecule has 0 aliphatic rings. The van der Waals surface area contributed by atoms with Crippen LogP contribution >= 0.6 is 0 Å². The van der Waals surface area contributed by atoms with Gasteiger partial charge in [0.15, 0.2) is 5.82 Å². The minimum atomic E-state index is -0.687. The van der Waals surface area contributed by atoms with Crippen molar-refractivity contribution >= 4 is 11.4 Å². The third kappa shape index (κ3) is 2.64. The number of benzene rings is 1. The minimum Gasteiger partial charge on any atom is -0.288 e. The zero-order chi connectivity index (χ0) is 12.8. The monoisotopic (exact) mass is 230 g/mol. The van der Waals surface area contributed by atoms with Gasteiger partial charge in [-0.25, -0.2) is 4.39 Å². The fourth-order valence-corrected chi connectivity index (χ4v) is 1.48. The maximum Gasteiger partial charge on any atom is 0.161 e. The molecule has 0 saturated heterocycles. The predicted octanol–water partition coefficient (Wildman–Crippen LogP) is 3.22. The van der Waals surface area contributed by atoms with Crippen LogP contribution in [0.25, 0.3) is 0 Å². The fraction of sp³-hybridized carbons (Fsp3) is 0.154. The van der Waals surface area contributed by atoms with Crippen molar-refractivity contribution in [3.8, 4) is 12.3 Å². The lowest BCUT2D eigenvalue weighted by atomic mass is 10.0. The smallest absolute Gasteiger partial charge is 0.161 e. The molecule has 17 heavy (non-hydrogen) atoms. The first-order valence-corrected chi connectivity index (χ1v) is 4.88. The molecular formula is C13H11FN2O. The zero-order valence-corrected chi connectivity index (χ0v) is 9.57. The molecule has 1 aromatic rings. The van der Waals surface area contributed by atoms with Crippen molar-refractivity contribution in [1.82, 2.24) is 0 Å². The van der Waals surface area contributed by atoms with E-state index < -0.39 is 5.82 Å². The summed E-state index contributed by atoms with van der Waals surface area (Å²) in [6, 6.07) is 4.38. The fourth-order valence-electron chi connectivity index (χ4n) is 1.48. The second kappa shape index (κ2) is 5.71. The number of rotatable bonds is 3. The number of aliphatic imine (C=N–C) groups is 1. The van der Waals surface area contributed by atoms with Gasteiger partial charge < -0.3 is 0 Å². The maximum absolute atomic E-state index is 13.9. The molecule has 0 fully saturated rings. The Bertz CT molecular complexity index is 539. The van der Waals surface area contributed by atoms with Crippen LogP contribution in [0.2, 0.25) is 0 Å². The van der Waals surface area contributed by atoms with E-state index in [9.17, 15) is 9.30 Å². The van der Waals surface area contributed by atoms with Crippen molar-refractivity contribution in [2.75, 3.05) is 7.05 Å². The van der Waals surface area contributed by atoms with Crippen molar-refractivity contribution in [3.63, 3.8) is 0 Å². The molecule has 1 aromatic carbocycles. The van der Waals surface area contributed by atoms with Gasteiger partial charge in [0.05, 0.1) is 5.71 Å². The van der Waals surface area contributed by atoms with Crippen LogP contribution in [-0.2, 0) is 0 Å². The van der Waals surface area contributed by atoms with Crippen LogP contribution in [0.1, 0.15) is 12.5 Å². The Balaban J connectivity index is 3.38. The lowest BCUT2D eigenvalue weighted by Gasteiger charge is -2.07. The van der Waals surface area contributed by atoms with Crippen molar-refractivity contribution in [2.24, 2.45) is 10.2 Å². The second-order valence-electron chi connectivity index (χ2n) is 3.30. The van der Waals surface area contributed by atoms with Gasteiger partial charge in [-0.1, -0.05) is 12.0 Å². The van der Waals surface area contributed by atoms with Crippen LogP contribution in [0.4, 0.5) is 10.1 Å². The van der Waals surface area contributed by atoms with Crippen molar-refractivity contribution in [2.45, 2.75) is 6.92 Å². The molecule has 3 nitrogen and oxygen atoms in total. The Morgan fingerprint density at radius 1 is 1.53 bits per heavy atom. The third-order valence-corrected chi connectivity index (χ3v) is 2.23. The average molecular weight is 230 g/mol. The van der Waals surface area contributed by atoms with E-state index in [2.05, 4.69) is 16.1 Å². The molecule has 0 heterocycles. The van der Waals surface area contributed by atoms with Crippen LogP contribution in [0.3, 0.4) is 0 Å². The van der Waals surface area contributed by atoms with Gasteiger partial charge in [-0.3, -0.25) is 4.99 Å². The molecule has 0 bridgehead atoms. The number of hydrogen-bond donors (Lipinski definition) is 0. The summed E-state index contributed by atoms with van der Waals surface area (Å²) in [7, 11) is 1.53. The van der Waals surface area contributed by atoms with E-state index in [1.807, 2.05) is 0 Å². The SMILES string of the molecule is C#C/C=C(/C)C(=NC)c1cccc(N=O)c1F. The Morgan fingerprint density at radius 2 is 2.24 bits per heavy atom. The Labute approximate surface area is 99.1 Å². The number of allylic oxidation sites excluding steroid dienone is 2. The molecule has 0 radical (unpaired) electrons. The molecule has 0 spiro atoms. The summed E-state index contributed by atoms with van der Waals surface area (Å²) in [5, 5.41) is 2.61. The topological polar surface area (TPSA) is 41.8 Å². The summed E-state index contributed by atoms with van der Waals surface area (Å²) in [6.45, 7) is 1.72. The van der Waals surface area contributed by atoms with Gasteiger partial charge in [0.2, 0.25) is 0 Å². The number of nitroso groups, excluding NO2 is 1. The van der Waals surface area contributed by atoms with E-state index >= 15 is 0 Å². The zero-order valence-electron chi connectivity index (χ0n) is 9.57. The molecule has 0 amide bonds. The highest BCUT2D eigenvalue weighted by Crippen LogP contribution is 2.23. The van der Waals surface area contributed by atoms with E-state index in [1.165, 1.54) is 25.3 Å². The largest absolute Gasteiger partial charge is 0.288 e. The standard InChI is InChI=1S/C13H11FN2O/c1-4-6-9(2)13(15-3)10-7-5-8-11(16-17)12(10)14/h1,5-8H,2-3H3/b9-6-,15-13?.